The summed E-state index contributed by atoms with van der Waals surface area (Å²) in [4.78, 5) is 49.8. The number of esters is 1. The number of piperazine rings is 1. The Balaban J connectivity index is 2.57. The first-order chi connectivity index (χ1) is 12.6. The van der Waals surface area contributed by atoms with Crippen molar-refractivity contribution in [2.75, 3.05) is 46.4 Å². The molecule has 0 spiro atoms. The van der Waals surface area contributed by atoms with Crippen molar-refractivity contribution in [3.63, 3.8) is 0 Å². The molecular weight excluding hydrogens is 354 g/mol. The lowest BCUT2D eigenvalue weighted by molar-refractivity contribution is -0.159. The lowest BCUT2D eigenvalue weighted by Crippen LogP contribution is -2.55. The van der Waals surface area contributed by atoms with Crippen LogP contribution in [0, 0.1) is 0 Å². The summed E-state index contributed by atoms with van der Waals surface area (Å²) in [5.74, 6) is -2.12. The first-order valence-corrected chi connectivity index (χ1v) is 8.55. The van der Waals surface area contributed by atoms with E-state index in [1.807, 2.05) is 0 Å². The van der Waals surface area contributed by atoms with Gasteiger partial charge < -0.3 is 24.6 Å². The number of carbonyl (C=O) groups is 4. The van der Waals surface area contributed by atoms with Crippen LogP contribution < -0.4 is 5.32 Å². The Hall–Kier alpha value is -2.68. The largest absolute Gasteiger partial charge is 0.455 e. The van der Waals surface area contributed by atoms with Gasteiger partial charge in [-0.3, -0.25) is 14.4 Å². The number of hydrogen-bond donors (Lipinski definition) is 1. The second-order valence-electron chi connectivity index (χ2n) is 6.40. The summed E-state index contributed by atoms with van der Waals surface area (Å²) in [7, 11) is 1.55. The molecule has 0 radical (unpaired) electrons. The molecule has 1 heterocycles. The third kappa shape index (κ3) is 7.22. The van der Waals surface area contributed by atoms with Crippen molar-refractivity contribution in [3.8, 4) is 0 Å². The molecule has 27 heavy (non-hydrogen) atoms. The minimum absolute atomic E-state index is 0.00969. The molecule has 0 aromatic carbocycles. The Morgan fingerprint density at radius 2 is 1.81 bits per heavy atom. The van der Waals surface area contributed by atoms with E-state index >= 15 is 0 Å². The van der Waals surface area contributed by atoms with Crippen LogP contribution in [0.25, 0.3) is 0 Å². The van der Waals surface area contributed by atoms with E-state index in [0.29, 0.717) is 18.7 Å². The second kappa shape index (κ2) is 10.5. The number of rotatable bonds is 10. The van der Waals surface area contributed by atoms with Crippen LogP contribution in [0.15, 0.2) is 24.3 Å². The van der Waals surface area contributed by atoms with Crippen molar-refractivity contribution in [2.45, 2.75) is 20.0 Å². The summed E-state index contributed by atoms with van der Waals surface area (Å²) in [5.41, 5.74) is 0.607. The first kappa shape index (κ1) is 22.4. The van der Waals surface area contributed by atoms with E-state index in [1.165, 1.54) is 16.7 Å². The summed E-state index contributed by atoms with van der Waals surface area (Å²) < 4.78 is 10.8. The standard InChI is InChI=1S/C18H27N3O6/c1-12(2)15(22)19-6-9-26-11-14(27-18(25)13(3)4)10-21-8-7-20(5)16(23)17(21)24/h14H,1,3,6-11H2,2,4-5H3,(H,19,22). The number of likely N-dealkylation sites (N-methyl/N-ethyl adjacent to an activating group) is 1. The van der Waals surface area contributed by atoms with Crippen LogP contribution >= 0.6 is 0 Å². The predicted molar refractivity (Wildman–Crippen MR) is 97.6 cm³/mol. The topological polar surface area (TPSA) is 105 Å². The highest BCUT2D eigenvalue weighted by Gasteiger charge is 2.32. The van der Waals surface area contributed by atoms with Crippen molar-refractivity contribution < 1.29 is 28.7 Å². The van der Waals surface area contributed by atoms with E-state index in [-0.39, 0.29) is 37.8 Å². The Kier molecular flexibility index (Phi) is 8.67. The molecule has 1 atom stereocenters. The van der Waals surface area contributed by atoms with Gasteiger partial charge in [0.2, 0.25) is 5.91 Å². The fourth-order valence-corrected chi connectivity index (χ4v) is 2.17. The smallest absolute Gasteiger partial charge is 0.333 e. The predicted octanol–water partition coefficient (Wildman–Crippen LogP) is -0.516. The van der Waals surface area contributed by atoms with Gasteiger partial charge in [0, 0.05) is 37.8 Å². The van der Waals surface area contributed by atoms with Crippen LogP contribution in [0.5, 0.6) is 0 Å². The zero-order chi connectivity index (χ0) is 20.6. The van der Waals surface area contributed by atoms with E-state index in [2.05, 4.69) is 18.5 Å². The van der Waals surface area contributed by atoms with Gasteiger partial charge in [-0.05, 0) is 13.8 Å². The van der Waals surface area contributed by atoms with Crippen LogP contribution in [0.3, 0.4) is 0 Å². The molecule has 1 fully saturated rings. The highest BCUT2D eigenvalue weighted by Crippen LogP contribution is 2.08. The molecule has 0 aliphatic carbocycles. The summed E-state index contributed by atoms with van der Waals surface area (Å²) in [6.07, 6.45) is -0.758. The molecule has 1 saturated heterocycles. The van der Waals surface area contributed by atoms with E-state index in [0.717, 1.165) is 0 Å². The highest BCUT2D eigenvalue weighted by molar-refractivity contribution is 6.35. The quantitative estimate of drug-likeness (QED) is 0.236. The third-order valence-corrected chi connectivity index (χ3v) is 3.79. The van der Waals surface area contributed by atoms with Gasteiger partial charge in [-0.2, -0.15) is 0 Å². The van der Waals surface area contributed by atoms with Gasteiger partial charge >= 0.3 is 17.8 Å². The lowest BCUT2D eigenvalue weighted by Gasteiger charge is -2.33. The Labute approximate surface area is 159 Å². The number of hydrogen-bond acceptors (Lipinski definition) is 6. The minimum Gasteiger partial charge on any atom is -0.455 e. The molecule has 0 bridgehead atoms. The maximum absolute atomic E-state index is 12.1. The minimum atomic E-state index is -0.758. The average Bonchev–Trinajstić information content (AvgIpc) is 2.61. The highest BCUT2D eigenvalue weighted by atomic mass is 16.6. The van der Waals surface area contributed by atoms with Crippen LogP contribution in [0.4, 0.5) is 0 Å². The monoisotopic (exact) mass is 381 g/mol. The number of nitrogens with one attached hydrogen (secondary N) is 1. The van der Waals surface area contributed by atoms with Crippen LogP contribution in [-0.4, -0.2) is 86.0 Å². The molecule has 0 aromatic rings. The van der Waals surface area contributed by atoms with E-state index in [4.69, 9.17) is 9.47 Å². The third-order valence-electron chi connectivity index (χ3n) is 3.79. The van der Waals surface area contributed by atoms with Crippen molar-refractivity contribution >= 4 is 23.7 Å². The van der Waals surface area contributed by atoms with Crippen LogP contribution in [0.2, 0.25) is 0 Å². The zero-order valence-electron chi connectivity index (χ0n) is 16.1. The summed E-state index contributed by atoms with van der Waals surface area (Å²) in [5, 5.41) is 2.61. The van der Waals surface area contributed by atoms with Gasteiger partial charge in [0.05, 0.1) is 19.8 Å². The molecule has 9 heteroatoms. The van der Waals surface area contributed by atoms with E-state index < -0.39 is 23.9 Å². The van der Waals surface area contributed by atoms with Gasteiger partial charge in [-0.1, -0.05) is 13.2 Å². The van der Waals surface area contributed by atoms with Crippen molar-refractivity contribution in [3.05, 3.63) is 24.3 Å². The molecule has 1 unspecified atom stereocenters. The Bertz CT molecular complexity index is 631. The number of carbonyl (C=O) groups excluding carboxylic acids is 4. The maximum Gasteiger partial charge on any atom is 0.333 e. The fourth-order valence-electron chi connectivity index (χ4n) is 2.17. The molecule has 1 N–H and O–H groups in total. The summed E-state index contributed by atoms with van der Waals surface area (Å²) >= 11 is 0. The molecule has 1 aliphatic heterocycles. The van der Waals surface area contributed by atoms with E-state index in [9.17, 15) is 19.2 Å². The molecule has 0 aromatic heterocycles. The molecule has 150 valence electrons. The van der Waals surface area contributed by atoms with Crippen molar-refractivity contribution in [1.29, 1.82) is 0 Å². The molecule has 1 rings (SSSR count). The van der Waals surface area contributed by atoms with Crippen LogP contribution in [0.1, 0.15) is 13.8 Å². The number of ether oxygens (including phenoxy) is 2. The van der Waals surface area contributed by atoms with Crippen LogP contribution in [-0.2, 0) is 28.7 Å². The second-order valence-corrected chi connectivity index (χ2v) is 6.40. The Morgan fingerprint density at radius 1 is 1.15 bits per heavy atom. The molecule has 1 aliphatic rings. The van der Waals surface area contributed by atoms with Gasteiger partial charge in [-0.25, -0.2) is 4.79 Å². The molecular formula is C18H27N3O6. The molecule has 3 amide bonds. The van der Waals surface area contributed by atoms with Gasteiger partial charge in [0.25, 0.3) is 0 Å². The first-order valence-electron chi connectivity index (χ1n) is 8.55. The zero-order valence-corrected chi connectivity index (χ0v) is 16.1. The number of nitrogens with zero attached hydrogens (tertiary/aromatic N) is 2. The normalized spacial score (nSPS) is 15.4. The summed E-state index contributed by atoms with van der Waals surface area (Å²) in [6.45, 7) is 11.4. The van der Waals surface area contributed by atoms with Gasteiger partial charge in [0.1, 0.15) is 6.10 Å². The van der Waals surface area contributed by atoms with E-state index in [1.54, 1.807) is 14.0 Å². The molecule has 9 nitrogen and oxygen atoms in total. The fraction of sp³-hybridized carbons (Fsp3) is 0.556. The van der Waals surface area contributed by atoms with Crippen molar-refractivity contribution in [2.24, 2.45) is 0 Å². The van der Waals surface area contributed by atoms with Crippen molar-refractivity contribution in [1.82, 2.24) is 15.1 Å². The SMILES string of the molecule is C=C(C)C(=O)NCCOCC(CN1CCN(C)C(=O)C1=O)OC(=O)C(=C)C. The van der Waals surface area contributed by atoms with Gasteiger partial charge in [0.15, 0.2) is 0 Å². The summed E-state index contributed by atoms with van der Waals surface area (Å²) in [6, 6.07) is 0. The Morgan fingerprint density at radius 3 is 2.41 bits per heavy atom. The van der Waals surface area contributed by atoms with Gasteiger partial charge in [-0.15, -0.1) is 0 Å². The number of amides is 3. The maximum atomic E-state index is 12.1. The average molecular weight is 381 g/mol. The molecule has 0 saturated carbocycles. The lowest BCUT2D eigenvalue weighted by atomic mass is 10.2.